The van der Waals surface area contributed by atoms with Crippen LogP contribution < -0.4 is 5.56 Å². The number of likely N-dealkylation sites (tertiary alicyclic amines) is 1. The standard InChI is InChI=1S/C32H41N3O4/c1-23(18-24-10-6-4-7-11-24)30(37)34-16-14-32(38,31(2,3)21-34)22-35-20-27(29-33-15-17-39-29)26(19-28(35)36)25-12-8-5-9-13-25/h5,8-9,12-13,15,17,19-20,23-24,38H,4,6-7,10-11,14,16,18,21-22H2,1-3H3/t23-,32?/m1/s1. The molecule has 1 unspecified atom stereocenters. The number of carbonyl (C=O) groups excluding carboxylic acids is 1. The van der Waals surface area contributed by atoms with Gasteiger partial charge >= 0.3 is 0 Å². The maximum absolute atomic E-state index is 13.4. The fourth-order valence-corrected chi connectivity index (χ4v) is 6.54. The van der Waals surface area contributed by atoms with E-state index in [4.69, 9.17) is 4.42 Å². The van der Waals surface area contributed by atoms with Gasteiger partial charge in [0.15, 0.2) is 0 Å². The van der Waals surface area contributed by atoms with Crippen molar-refractivity contribution < 1.29 is 14.3 Å². The van der Waals surface area contributed by atoms with Gasteiger partial charge in [-0.3, -0.25) is 9.59 Å². The molecule has 5 rings (SSSR count). The molecule has 39 heavy (non-hydrogen) atoms. The first-order valence-electron chi connectivity index (χ1n) is 14.4. The van der Waals surface area contributed by atoms with Gasteiger partial charge in [-0.15, -0.1) is 0 Å². The van der Waals surface area contributed by atoms with Crippen LogP contribution in [0.3, 0.4) is 0 Å². The summed E-state index contributed by atoms with van der Waals surface area (Å²) in [5.74, 6) is 1.25. The number of aromatic nitrogens is 2. The van der Waals surface area contributed by atoms with Crippen LogP contribution in [0.5, 0.6) is 0 Å². The van der Waals surface area contributed by atoms with E-state index in [0.717, 1.165) is 17.5 Å². The van der Waals surface area contributed by atoms with Crippen molar-refractivity contribution in [2.24, 2.45) is 17.3 Å². The van der Waals surface area contributed by atoms with Gasteiger partial charge in [-0.05, 0) is 24.3 Å². The van der Waals surface area contributed by atoms with Gasteiger partial charge in [-0.2, -0.15) is 0 Å². The van der Waals surface area contributed by atoms with Gasteiger partial charge in [0.2, 0.25) is 11.8 Å². The minimum absolute atomic E-state index is 0.00778. The predicted octanol–water partition coefficient (Wildman–Crippen LogP) is 5.77. The lowest BCUT2D eigenvalue weighted by Crippen LogP contribution is -2.61. The van der Waals surface area contributed by atoms with E-state index in [1.54, 1.807) is 23.0 Å². The van der Waals surface area contributed by atoms with Crippen molar-refractivity contribution in [2.75, 3.05) is 13.1 Å². The lowest BCUT2D eigenvalue weighted by Gasteiger charge is -2.51. The zero-order valence-corrected chi connectivity index (χ0v) is 23.4. The van der Waals surface area contributed by atoms with E-state index < -0.39 is 11.0 Å². The molecule has 2 fully saturated rings. The molecule has 208 valence electrons. The summed E-state index contributed by atoms with van der Waals surface area (Å²) in [5.41, 5.74) is 0.347. The third kappa shape index (κ3) is 5.74. The minimum Gasteiger partial charge on any atom is -0.444 e. The number of hydrogen-bond donors (Lipinski definition) is 1. The highest BCUT2D eigenvalue weighted by atomic mass is 16.3. The highest BCUT2D eigenvalue weighted by Gasteiger charge is 2.49. The molecular weight excluding hydrogens is 490 g/mol. The smallest absolute Gasteiger partial charge is 0.251 e. The molecule has 3 aromatic rings. The van der Waals surface area contributed by atoms with Crippen molar-refractivity contribution >= 4 is 5.91 Å². The van der Waals surface area contributed by atoms with Crippen LogP contribution in [0.15, 0.2) is 64.3 Å². The average Bonchev–Trinajstić information content (AvgIpc) is 3.47. The highest BCUT2D eigenvalue weighted by molar-refractivity contribution is 5.79. The molecule has 0 bridgehead atoms. The van der Waals surface area contributed by atoms with Crippen LogP contribution in [0, 0.1) is 17.3 Å². The molecular formula is C32H41N3O4. The molecule has 7 nitrogen and oxygen atoms in total. The van der Waals surface area contributed by atoms with E-state index in [-0.39, 0.29) is 23.9 Å². The van der Waals surface area contributed by atoms with Crippen LogP contribution in [0.4, 0.5) is 0 Å². The molecule has 3 heterocycles. The molecule has 1 saturated carbocycles. The number of carbonyl (C=O) groups is 1. The first-order valence-corrected chi connectivity index (χ1v) is 14.4. The van der Waals surface area contributed by atoms with Crippen LogP contribution in [0.25, 0.3) is 22.6 Å². The van der Waals surface area contributed by atoms with Crippen molar-refractivity contribution in [3.05, 3.63) is 65.4 Å². The van der Waals surface area contributed by atoms with Crippen molar-refractivity contribution in [3.8, 4) is 22.6 Å². The molecule has 2 aliphatic rings. The topological polar surface area (TPSA) is 88.6 Å². The summed E-state index contributed by atoms with van der Waals surface area (Å²) in [6.45, 7) is 7.12. The summed E-state index contributed by atoms with van der Waals surface area (Å²) in [6, 6.07) is 11.3. The van der Waals surface area contributed by atoms with Crippen molar-refractivity contribution in [1.29, 1.82) is 0 Å². The fraction of sp³-hybridized carbons (Fsp3) is 0.531. The van der Waals surface area contributed by atoms with Gasteiger partial charge < -0.3 is 19.0 Å². The Bertz CT molecular complexity index is 1330. The highest BCUT2D eigenvalue weighted by Crippen LogP contribution is 2.41. The number of amides is 1. The number of hydrogen-bond acceptors (Lipinski definition) is 5. The minimum atomic E-state index is -1.16. The second kappa shape index (κ2) is 11.1. The molecule has 7 heteroatoms. The zero-order valence-electron chi connectivity index (χ0n) is 23.4. The van der Waals surface area contributed by atoms with E-state index in [1.807, 2.05) is 49.1 Å². The number of nitrogens with zero attached hydrogens (tertiary/aromatic N) is 3. The van der Waals surface area contributed by atoms with Crippen LogP contribution in [-0.4, -0.2) is 44.2 Å². The number of oxazole rings is 1. The number of aliphatic hydroxyl groups is 1. The van der Waals surface area contributed by atoms with Crippen LogP contribution in [0.2, 0.25) is 0 Å². The Hall–Kier alpha value is -3.19. The van der Waals surface area contributed by atoms with Gasteiger partial charge in [0.05, 0.1) is 23.9 Å². The van der Waals surface area contributed by atoms with Crippen LogP contribution in [0.1, 0.15) is 65.7 Å². The van der Waals surface area contributed by atoms with Crippen LogP contribution in [-0.2, 0) is 11.3 Å². The second-order valence-electron chi connectivity index (χ2n) is 12.3. The number of rotatable bonds is 7. The third-order valence-electron chi connectivity index (χ3n) is 9.09. The lowest BCUT2D eigenvalue weighted by molar-refractivity contribution is -0.157. The van der Waals surface area contributed by atoms with Gasteiger partial charge in [-0.1, -0.05) is 83.2 Å². The summed E-state index contributed by atoms with van der Waals surface area (Å²) in [7, 11) is 0. The van der Waals surface area contributed by atoms with E-state index in [1.165, 1.54) is 38.4 Å². The van der Waals surface area contributed by atoms with Crippen molar-refractivity contribution in [1.82, 2.24) is 14.5 Å². The molecule has 1 N–H and O–H groups in total. The Morgan fingerprint density at radius 3 is 2.56 bits per heavy atom. The first-order chi connectivity index (χ1) is 18.7. The largest absolute Gasteiger partial charge is 0.444 e. The SMILES string of the molecule is C[C@H](CC1CCCCC1)C(=O)N1CCC(O)(Cn2cc(-c3ncco3)c(-c3ccccc3)cc2=O)C(C)(C)C1. The summed E-state index contributed by atoms with van der Waals surface area (Å²) in [5, 5.41) is 11.9. The van der Waals surface area contributed by atoms with E-state index in [9.17, 15) is 14.7 Å². The molecule has 1 aliphatic carbocycles. The van der Waals surface area contributed by atoms with E-state index in [0.29, 0.717) is 36.9 Å². The lowest BCUT2D eigenvalue weighted by atomic mass is 9.69. The van der Waals surface area contributed by atoms with Crippen LogP contribution >= 0.6 is 0 Å². The fourth-order valence-electron chi connectivity index (χ4n) is 6.54. The Kier molecular flexibility index (Phi) is 7.81. The molecule has 1 aromatic carbocycles. The molecule has 0 spiro atoms. The van der Waals surface area contributed by atoms with Gasteiger partial charge in [0.1, 0.15) is 6.26 Å². The predicted molar refractivity (Wildman–Crippen MR) is 152 cm³/mol. The maximum Gasteiger partial charge on any atom is 0.251 e. The third-order valence-corrected chi connectivity index (χ3v) is 9.09. The average molecular weight is 532 g/mol. The van der Waals surface area contributed by atoms with Gasteiger partial charge in [0, 0.05) is 42.2 Å². The molecule has 1 saturated heterocycles. The van der Waals surface area contributed by atoms with Crippen molar-refractivity contribution in [2.45, 2.75) is 77.9 Å². The van der Waals surface area contributed by atoms with E-state index >= 15 is 0 Å². The summed E-state index contributed by atoms with van der Waals surface area (Å²) in [4.78, 5) is 33.0. The van der Waals surface area contributed by atoms with Gasteiger partial charge in [-0.25, -0.2) is 4.98 Å². The monoisotopic (exact) mass is 531 g/mol. The Balaban J connectivity index is 1.36. The van der Waals surface area contributed by atoms with E-state index in [2.05, 4.69) is 11.9 Å². The van der Waals surface area contributed by atoms with Crippen molar-refractivity contribution in [3.63, 3.8) is 0 Å². The number of pyridine rings is 1. The molecule has 2 atom stereocenters. The quantitative estimate of drug-likeness (QED) is 0.418. The molecule has 1 aliphatic heterocycles. The van der Waals surface area contributed by atoms with Gasteiger partial charge in [0.25, 0.3) is 5.56 Å². The Labute approximate surface area is 230 Å². The molecule has 2 aromatic heterocycles. The second-order valence-corrected chi connectivity index (χ2v) is 12.3. The molecule has 1 amide bonds. The Morgan fingerprint density at radius 1 is 1.15 bits per heavy atom. The maximum atomic E-state index is 13.4. The summed E-state index contributed by atoms with van der Waals surface area (Å²) >= 11 is 0. The Morgan fingerprint density at radius 2 is 1.90 bits per heavy atom. The number of piperidine rings is 1. The first kappa shape index (κ1) is 27.4. The summed E-state index contributed by atoms with van der Waals surface area (Å²) in [6.07, 6.45) is 12.5. The normalized spacial score (nSPS) is 22.5. The zero-order chi connectivity index (χ0) is 27.6. The number of benzene rings is 1. The molecule has 0 radical (unpaired) electrons. The summed E-state index contributed by atoms with van der Waals surface area (Å²) < 4.78 is 7.18.